The highest BCUT2D eigenvalue weighted by molar-refractivity contribution is 5.79. The van der Waals surface area contributed by atoms with Gasteiger partial charge in [0.2, 0.25) is 5.91 Å². The van der Waals surface area contributed by atoms with Gasteiger partial charge in [-0.1, -0.05) is 42.5 Å². The summed E-state index contributed by atoms with van der Waals surface area (Å²) in [7, 11) is 0. The minimum absolute atomic E-state index is 0.231. The predicted octanol–water partition coefficient (Wildman–Crippen LogP) is 3.54. The Bertz CT molecular complexity index is 869. The Hall–Kier alpha value is -2.62. The molecule has 1 fully saturated rings. The molecule has 1 atom stereocenters. The molecule has 2 aromatic carbocycles. The standard InChI is InChI=1S/C20H21N3O/c1-15-21-18-9-5-6-10-19(18)22(15)14-17-11-12-20(24)23(17)13-16-7-3-2-4-8-16/h2-10,17H,11-14H2,1H3. The molecule has 1 unspecified atom stereocenters. The van der Waals surface area contributed by atoms with Crippen LogP contribution >= 0.6 is 0 Å². The quantitative estimate of drug-likeness (QED) is 0.738. The number of carbonyl (C=O) groups is 1. The number of hydrogen-bond acceptors (Lipinski definition) is 2. The van der Waals surface area contributed by atoms with Crippen molar-refractivity contribution in [3.63, 3.8) is 0 Å². The van der Waals surface area contributed by atoms with E-state index in [1.54, 1.807) is 0 Å². The topological polar surface area (TPSA) is 38.1 Å². The first-order valence-corrected chi connectivity index (χ1v) is 8.47. The normalized spacial score (nSPS) is 17.8. The van der Waals surface area contributed by atoms with E-state index in [0.717, 1.165) is 29.8 Å². The maximum absolute atomic E-state index is 12.4. The first kappa shape index (κ1) is 14.9. The van der Waals surface area contributed by atoms with Crippen LogP contribution in [-0.4, -0.2) is 26.4 Å². The lowest BCUT2D eigenvalue weighted by Crippen LogP contribution is -2.35. The van der Waals surface area contributed by atoms with Gasteiger partial charge in [0.05, 0.1) is 17.1 Å². The third-order valence-electron chi connectivity index (χ3n) is 4.89. The van der Waals surface area contributed by atoms with Gasteiger partial charge in [0.25, 0.3) is 0 Å². The molecule has 1 aromatic heterocycles. The van der Waals surface area contributed by atoms with E-state index in [2.05, 4.69) is 27.8 Å². The summed E-state index contributed by atoms with van der Waals surface area (Å²) in [6, 6.07) is 18.7. The van der Waals surface area contributed by atoms with Crippen LogP contribution in [0.15, 0.2) is 54.6 Å². The van der Waals surface area contributed by atoms with Crippen LogP contribution in [0.5, 0.6) is 0 Å². The summed E-state index contributed by atoms with van der Waals surface area (Å²) in [5, 5.41) is 0. The van der Waals surface area contributed by atoms with Crippen LogP contribution in [0, 0.1) is 6.92 Å². The van der Waals surface area contributed by atoms with E-state index in [-0.39, 0.29) is 11.9 Å². The van der Waals surface area contributed by atoms with Gasteiger partial charge in [-0.2, -0.15) is 0 Å². The third-order valence-corrected chi connectivity index (χ3v) is 4.89. The second-order valence-corrected chi connectivity index (χ2v) is 6.46. The molecular formula is C20H21N3O. The smallest absolute Gasteiger partial charge is 0.223 e. The number of fused-ring (bicyclic) bond motifs is 1. The van der Waals surface area contributed by atoms with Gasteiger partial charge in [0.1, 0.15) is 5.82 Å². The second-order valence-electron chi connectivity index (χ2n) is 6.46. The van der Waals surface area contributed by atoms with Crippen molar-refractivity contribution >= 4 is 16.9 Å². The van der Waals surface area contributed by atoms with E-state index in [1.165, 1.54) is 5.56 Å². The summed E-state index contributed by atoms with van der Waals surface area (Å²) in [4.78, 5) is 19.0. The van der Waals surface area contributed by atoms with Gasteiger partial charge in [0, 0.05) is 19.5 Å². The highest BCUT2D eigenvalue weighted by atomic mass is 16.2. The van der Waals surface area contributed by atoms with Gasteiger partial charge in [-0.05, 0) is 31.0 Å². The van der Waals surface area contributed by atoms with Gasteiger partial charge in [-0.3, -0.25) is 4.79 Å². The number of benzene rings is 2. The van der Waals surface area contributed by atoms with Crippen molar-refractivity contribution in [2.75, 3.05) is 0 Å². The van der Waals surface area contributed by atoms with Gasteiger partial charge in [-0.25, -0.2) is 4.98 Å². The Labute approximate surface area is 141 Å². The molecule has 2 heterocycles. The van der Waals surface area contributed by atoms with E-state index in [9.17, 15) is 4.79 Å². The average molecular weight is 319 g/mol. The molecule has 4 nitrogen and oxygen atoms in total. The Balaban J connectivity index is 1.60. The molecule has 1 aliphatic rings. The number of amides is 1. The van der Waals surface area contributed by atoms with Crippen molar-refractivity contribution in [3.8, 4) is 0 Å². The number of carbonyl (C=O) groups excluding carboxylic acids is 1. The molecule has 0 saturated carbocycles. The minimum Gasteiger partial charge on any atom is -0.334 e. The van der Waals surface area contributed by atoms with Crippen molar-refractivity contribution in [3.05, 3.63) is 66.0 Å². The molecule has 4 heteroatoms. The molecule has 3 aromatic rings. The van der Waals surface area contributed by atoms with Crippen LogP contribution in [0.1, 0.15) is 24.2 Å². The zero-order chi connectivity index (χ0) is 16.5. The van der Waals surface area contributed by atoms with E-state index in [0.29, 0.717) is 13.0 Å². The first-order valence-electron chi connectivity index (χ1n) is 8.47. The monoisotopic (exact) mass is 319 g/mol. The van der Waals surface area contributed by atoms with E-state index >= 15 is 0 Å². The maximum atomic E-state index is 12.4. The zero-order valence-electron chi connectivity index (χ0n) is 13.9. The third kappa shape index (κ3) is 2.68. The molecule has 0 aliphatic carbocycles. The number of para-hydroxylation sites is 2. The number of likely N-dealkylation sites (tertiary alicyclic amines) is 1. The Kier molecular flexibility index (Phi) is 3.81. The second kappa shape index (κ2) is 6.11. The van der Waals surface area contributed by atoms with E-state index in [1.807, 2.05) is 48.2 Å². The van der Waals surface area contributed by atoms with Gasteiger partial charge in [-0.15, -0.1) is 0 Å². The van der Waals surface area contributed by atoms with Gasteiger partial charge in [0.15, 0.2) is 0 Å². The lowest BCUT2D eigenvalue weighted by atomic mass is 10.1. The molecule has 24 heavy (non-hydrogen) atoms. The van der Waals surface area contributed by atoms with Gasteiger partial charge < -0.3 is 9.47 Å². The molecule has 122 valence electrons. The van der Waals surface area contributed by atoms with E-state index < -0.39 is 0 Å². The summed E-state index contributed by atoms with van der Waals surface area (Å²) in [6.45, 7) is 3.54. The number of nitrogens with zero attached hydrogens (tertiary/aromatic N) is 3. The SMILES string of the molecule is Cc1nc2ccccc2n1CC1CCC(=O)N1Cc1ccccc1. The number of aryl methyl sites for hydroxylation is 1. The number of aromatic nitrogens is 2. The highest BCUT2D eigenvalue weighted by Gasteiger charge is 2.31. The number of imidazole rings is 1. The fourth-order valence-corrected chi connectivity index (χ4v) is 3.62. The molecule has 4 rings (SSSR count). The van der Waals surface area contributed by atoms with Crippen LogP contribution in [0.4, 0.5) is 0 Å². The Morgan fingerprint density at radius 2 is 1.83 bits per heavy atom. The number of rotatable bonds is 4. The first-order chi connectivity index (χ1) is 11.7. The molecule has 0 radical (unpaired) electrons. The number of hydrogen-bond donors (Lipinski definition) is 0. The fourth-order valence-electron chi connectivity index (χ4n) is 3.62. The molecule has 1 saturated heterocycles. The average Bonchev–Trinajstić information content (AvgIpc) is 3.10. The summed E-state index contributed by atoms with van der Waals surface area (Å²) in [5.41, 5.74) is 3.35. The summed E-state index contributed by atoms with van der Waals surface area (Å²) >= 11 is 0. The Morgan fingerprint density at radius 1 is 1.08 bits per heavy atom. The molecule has 1 amide bonds. The molecule has 0 N–H and O–H groups in total. The van der Waals surface area contributed by atoms with Crippen molar-refractivity contribution in [1.29, 1.82) is 0 Å². The summed E-state index contributed by atoms with van der Waals surface area (Å²) in [5.74, 6) is 1.26. The predicted molar refractivity (Wildman–Crippen MR) is 94.5 cm³/mol. The Morgan fingerprint density at radius 3 is 2.67 bits per heavy atom. The fraction of sp³-hybridized carbons (Fsp3) is 0.300. The lowest BCUT2D eigenvalue weighted by molar-refractivity contribution is -0.129. The van der Waals surface area contributed by atoms with Crippen molar-refractivity contribution in [2.24, 2.45) is 0 Å². The zero-order valence-corrected chi connectivity index (χ0v) is 13.9. The largest absolute Gasteiger partial charge is 0.334 e. The molecule has 0 bridgehead atoms. The van der Waals surface area contributed by atoms with Crippen molar-refractivity contribution < 1.29 is 4.79 Å². The molecule has 0 spiro atoms. The molecular weight excluding hydrogens is 298 g/mol. The van der Waals surface area contributed by atoms with Crippen LogP contribution in [0.2, 0.25) is 0 Å². The van der Waals surface area contributed by atoms with Gasteiger partial charge >= 0.3 is 0 Å². The van der Waals surface area contributed by atoms with Crippen LogP contribution in [0.25, 0.3) is 11.0 Å². The highest BCUT2D eigenvalue weighted by Crippen LogP contribution is 2.25. The maximum Gasteiger partial charge on any atom is 0.223 e. The van der Waals surface area contributed by atoms with Crippen LogP contribution in [0.3, 0.4) is 0 Å². The van der Waals surface area contributed by atoms with Crippen molar-refractivity contribution in [1.82, 2.24) is 14.5 Å². The van der Waals surface area contributed by atoms with Crippen molar-refractivity contribution in [2.45, 2.75) is 38.9 Å². The van der Waals surface area contributed by atoms with Crippen LogP contribution in [-0.2, 0) is 17.9 Å². The molecule has 1 aliphatic heterocycles. The summed E-state index contributed by atoms with van der Waals surface area (Å²) in [6.07, 6.45) is 1.56. The lowest BCUT2D eigenvalue weighted by Gasteiger charge is -2.26. The van der Waals surface area contributed by atoms with Crippen LogP contribution < -0.4 is 0 Å². The van der Waals surface area contributed by atoms with E-state index in [4.69, 9.17) is 0 Å². The minimum atomic E-state index is 0.231. The summed E-state index contributed by atoms with van der Waals surface area (Å²) < 4.78 is 2.25.